The summed E-state index contributed by atoms with van der Waals surface area (Å²) in [4.78, 5) is 23.9. The quantitative estimate of drug-likeness (QED) is 0.674. The van der Waals surface area contributed by atoms with Crippen LogP contribution in [0.2, 0.25) is 0 Å². The van der Waals surface area contributed by atoms with E-state index < -0.39 is 0 Å². The molecule has 0 unspecified atom stereocenters. The zero-order valence-electron chi connectivity index (χ0n) is 13.8. The summed E-state index contributed by atoms with van der Waals surface area (Å²) in [7, 11) is 0. The van der Waals surface area contributed by atoms with Gasteiger partial charge in [-0.25, -0.2) is 0 Å². The summed E-state index contributed by atoms with van der Waals surface area (Å²) in [6, 6.07) is 14.6. The number of carbonyl (C=O) groups excluding carboxylic acids is 2. The number of amides is 2. The summed E-state index contributed by atoms with van der Waals surface area (Å²) < 4.78 is 5.33. The van der Waals surface area contributed by atoms with Gasteiger partial charge in [0.05, 0.1) is 11.4 Å². The molecule has 0 atom stereocenters. The van der Waals surface area contributed by atoms with E-state index in [1.54, 1.807) is 24.4 Å². The van der Waals surface area contributed by atoms with Gasteiger partial charge < -0.3 is 15.4 Å². The Labute approximate surface area is 149 Å². The molecule has 130 valence electrons. The van der Waals surface area contributed by atoms with Gasteiger partial charge in [0.1, 0.15) is 5.75 Å². The van der Waals surface area contributed by atoms with Crippen molar-refractivity contribution in [1.29, 1.82) is 0 Å². The van der Waals surface area contributed by atoms with Gasteiger partial charge in [-0.2, -0.15) is 5.10 Å². The maximum atomic E-state index is 12.4. The van der Waals surface area contributed by atoms with Gasteiger partial charge in [-0.3, -0.25) is 14.7 Å². The Balaban J connectivity index is 1.45. The summed E-state index contributed by atoms with van der Waals surface area (Å²) in [5.41, 5.74) is 3.79. The van der Waals surface area contributed by atoms with Crippen molar-refractivity contribution in [3.8, 4) is 17.0 Å². The third kappa shape index (κ3) is 3.27. The summed E-state index contributed by atoms with van der Waals surface area (Å²) >= 11 is 0. The highest BCUT2D eigenvalue weighted by molar-refractivity contribution is 5.96. The lowest BCUT2D eigenvalue weighted by Gasteiger charge is -2.18. The number of rotatable bonds is 4. The SMILES string of the molecule is O=C1COc2ccc(CNC(=O)c3cccc(-c4ccn[nH]4)c3)cc2N1. The average molecular weight is 348 g/mol. The fourth-order valence-corrected chi connectivity index (χ4v) is 2.77. The highest BCUT2D eigenvalue weighted by Crippen LogP contribution is 2.28. The lowest BCUT2D eigenvalue weighted by Crippen LogP contribution is -2.26. The first-order chi connectivity index (χ1) is 12.7. The van der Waals surface area contributed by atoms with Crippen LogP contribution in [0, 0.1) is 0 Å². The predicted molar refractivity (Wildman–Crippen MR) is 95.8 cm³/mol. The molecule has 2 amide bonds. The van der Waals surface area contributed by atoms with Crippen LogP contribution in [0.3, 0.4) is 0 Å². The van der Waals surface area contributed by atoms with Crippen LogP contribution in [0.4, 0.5) is 5.69 Å². The molecule has 7 nitrogen and oxygen atoms in total. The molecular weight excluding hydrogens is 332 g/mol. The third-order valence-electron chi connectivity index (χ3n) is 4.07. The molecular formula is C19H16N4O3. The van der Waals surface area contributed by atoms with Crippen LogP contribution < -0.4 is 15.4 Å². The van der Waals surface area contributed by atoms with Crippen molar-refractivity contribution in [1.82, 2.24) is 15.5 Å². The van der Waals surface area contributed by atoms with Gasteiger partial charge in [0.15, 0.2) is 6.61 Å². The minimum atomic E-state index is -0.186. The number of aromatic nitrogens is 2. The third-order valence-corrected chi connectivity index (χ3v) is 4.07. The molecule has 2 heterocycles. The zero-order chi connectivity index (χ0) is 17.9. The standard InChI is InChI=1S/C19H16N4O3/c24-18-11-26-17-5-4-12(8-16(17)22-18)10-20-19(25)14-3-1-2-13(9-14)15-6-7-21-23-15/h1-9H,10-11H2,(H,20,25)(H,21,23)(H,22,24). The molecule has 0 radical (unpaired) electrons. The lowest BCUT2D eigenvalue weighted by atomic mass is 10.1. The molecule has 1 aliphatic heterocycles. The number of nitrogens with zero attached hydrogens (tertiary/aromatic N) is 1. The molecule has 0 aliphatic carbocycles. The van der Waals surface area contributed by atoms with Crippen LogP contribution in [0.1, 0.15) is 15.9 Å². The lowest BCUT2D eigenvalue weighted by molar-refractivity contribution is -0.118. The van der Waals surface area contributed by atoms with Crippen LogP contribution in [-0.4, -0.2) is 28.6 Å². The maximum Gasteiger partial charge on any atom is 0.262 e. The van der Waals surface area contributed by atoms with Gasteiger partial charge in [-0.15, -0.1) is 0 Å². The Morgan fingerprint density at radius 1 is 1.19 bits per heavy atom. The zero-order valence-corrected chi connectivity index (χ0v) is 13.8. The number of ether oxygens (including phenoxy) is 1. The monoisotopic (exact) mass is 348 g/mol. The number of fused-ring (bicyclic) bond motifs is 1. The molecule has 26 heavy (non-hydrogen) atoms. The van der Waals surface area contributed by atoms with Crippen molar-refractivity contribution >= 4 is 17.5 Å². The largest absolute Gasteiger partial charge is 0.482 e. The molecule has 0 saturated carbocycles. The fraction of sp³-hybridized carbons (Fsp3) is 0.105. The second-order valence-corrected chi connectivity index (χ2v) is 5.90. The van der Waals surface area contributed by atoms with Crippen molar-refractivity contribution in [2.45, 2.75) is 6.54 Å². The maximum absolute atomic E-state index is 12.4. The molecule has 3 N–H and O–H groups in total. The van der Waals surface area contributed by atoms with Gasteiger partial charge in [-0.05, 0) is 35.9 Å². The minimum Gasteiger partial charge on any atom is -0.482 e. The van der Waals surface area contributed by atoms with Crippen molar-refractivity contribution in [3.63, 3.8) is 0 Å². The number of benzene rings is 2. The highest BCUT2D eigenvalue weighted by atomic mass is 16.5. The van der Waals surface area contributed by atoms with E-state index >= 15 is 0 Å². The van der Waals surface area contributed by atoms with Crippen LogP contribution in [-0.2, 0) is 11.3 Å². The molecule has 2 aromatic carbocycles. The Morgan fingerprint density at radius 3 is 2.96 bits per heavy atom. The van der Waals surface area contributed by atoms with Crippen molar-refractivity contribution in [2.24, 2.45) is 0 Å². The summed E-state index contributed by atoms with van der Waals surface area (Å²) in [5, 5.41) is 12.4. The number of carbonyl (C=O) groups is 2. The normalized spacial score (nSPS) is 12.7. The molecule has 1 aromatic heterocycles. The number of aromatic amines is 1. The summed E-state index contributed by atoms with van der Waals surface area (Å²) in [6.07, 6.45) is 1.67. The Hall–Kier alpha value is -3.61. The number of nitrogens with one attached hydrogen (secondary N) is 3. The van der Waals surface area contributed by atoms with Gasteiger partial charge in [0.25, 0.3) is 11.8 Å². The minimum absolute atomic E-state index is 0.0236. The van der Waals surface area contributed by atoms with E-state index in [1.165, 1.54) is 0 Å². The van der Waals surface area contributed by atoms with Crippen LogP contribution >= 0.6 is 0 Å². The van der Waals surface area contributed by atoms with Crippen LogP contribution in [0.15, 0.2) is 54.7 Å². The van der Waals surface area contributed by atoms with E-state index in [0.717, 1.165) is 16.8 Å². The van der Waals surface area contributed by atoms with E-state index in [4.69, 9.17) is 4.74 Å². The number of hydrogen-bond acceptors (Lipinski definition) is 4. The molecule has 0 spiro atoms. The van der Waals surface area contributed by atoms with Crippen LogP contribution in [0.25, 0.3) is 11.3 Å². The number of anilines is 1. The molecule has 0 bridgehead atoms. The topological polar surface area (TPSA) is 96.1 Å². The Morgan fingerprint density at radius 2 is 2.12 bits per heavy atom. The van der Waals surface area contributed by atoms with Crippen molar-refractivity contribution < 1.29 is 14.3 Å². The fourth-order valence-electron chi connectivity index (χ4n) is 2.77. The van der Waals surface area contributed by atoms with Crippen molar-refractivity contribution in [3.05, 3.63) is 65.9 Å². The average Bonchev–Trinajstić information content (AvgIpc) is 3.20. The summed E-state index contributed by atoms with van der Waals surface area (Å²) in [5.74, 6) is 0.269. The van der Waals surface area contributed by atoms with E-state index in [1.807, 2.05) is 30.3 Å². The smallest absolute Gasteiger partial charge is 0.262 e. The van der Waals surface area contributed by atoms with Gasteiger partial charge in [0.2, 0.25) is 0 Å². The predicted octanol–water partition coefficient (Wildman–Crippen LogP) is 2.34. The van der Waals surface area contributed by atoms with Crippen LogP contribution in [0.5, 0.6) is 5.75 Å². The second kappa shape index (κ2) is 6.72. The first kappa shape index (κ1) is 15.9. The van der Waals surface area contributed by atoms with Gasteiger partial charge in [0, 0.05) is 23.9 Å². The van der Waals surface area contributed by atoms with E-state index in [2.05, 4.69) is 20.8 Å². The van der Waals surface area contributed by atoms with E-state index in [0.29, 0.717) is 23.5 Å². The molecule has 7 heteroatoms. The van der Waals surface area contributed by atoms with Gasteiger partial charge >= 0.3 is 0 Å². The molecule has 0 fully saturated rings. The molecule has 1 aliphatic rings. The highest BCUT2D eigenvalue weighted by Gasteiger charge is 2.16. The second-order valence-electron chi connectivity index (χ2n) is 5.90. The van der Waals surface area contributed by atoms with E-state index in [9.17, 15) is 9.59 Å². The van der Waals surface area contributed by atoms with E-state index in [-0.39, 0.29) is 18.4 Å². The number of H-pyrrole nitrogens is 1. The number of hydrogen-bond donors (Lipinski definition) is 3. The molecule has 4 rings (SSSR count). The first-order valence-corrected chi connectivity index (χ1v) is 8.12. The van der Waals surface area contributed by atoms with Crippen molar-refractivity contribution in [2.75, 3.05) is 11.9 Å². The Kier molecular flexibility index (Phi) is 4.10. The van der Waals surface area contributed by atoms with Gasteiger partial charge in [-0.1, -0.05) is 18.2 Å². The first-order valence-electron chi connectivity index (χ1n) is 8.12. The molecule has 3 aromatic rings. The summed E-state index contributed by atoms with van der Waals surface area (Å²) in [6.45, 7) is 0.367. The molecule has 0 saturated heterocycles. The Bertz CT molecular complexity index is 967.